The van der Waals surface area contributed by atoms with Gasteiger partial charge in [0.25, 0.3) is 0 Å². The number of para-hydroxylation sites is 1. The van der Waals surface area contributed by atoms with Crippen LogP contribution in [-0.2, 0) is 0 Å². The second-order valence-corrected chi connectivity index (χ2v) is 4.88. The number of aliphatic hydroxyl groups excluding tert-OH is 1. The molecule has 1 unspecified atom stereocenters. The summed E-state index contributed by atoms with van der Waals surface area (Å²) in [5.74, 6) is 0. The first kappa shape index (κ1) is 13.0. The van der Waals surface area contributed by atoms with E-state index in [0.717, 1.165) is 11.3 Å². The van der Waals surface area contributed by atoms with Crippen molar-refractivity contribution in [2.24, 2.45) is 5.73 Å². The topological polar surface area (TPSA) is 49.5 Å². The van der Waals surface area contributed by atoms with Crippen molar-refractivity contribution in [2.75, 3.05) is 18.6 Å². The fourth-order valence-corrected chi connectivity index (χ4v) is 1.61. The third kappa shape index (κ3) is 2.54. The summed E-state index contributed by atoms with van der Waals surface area (Å²) in [5.41, 5.74) is 7.84. The van der Waals surface area contributed by atoms with Gasteiger partial charge in [-0.15, -0.1) is 0 Å². The number of hydrogen-bond donors (Lipinski definition) is 2. The molecule has 1 aromatic rings. The molecule has 0 fully saturated rings. The summed E-state index contributed by atoms with van der Waals surface area (Å²) in [6, 6.07) is 8.04. The molecule has 3 N–H and O–H groups in total. The van der Waals surface area contributed by atoms with Crippen LogP contribution in [0.1, 0.15) is 32.4 Å². The SMILES string of the molecule is CC(N)c1ccccc1N(C)C(C)(C)CO. The molecule has 1 rings (SSSR count). The second-order valence-electron chi connectivity index (χ2n) is 4.88. The van der Waals surface area contributed by atoms with Crippen LogP contribution in [0.2, 0.25) is 0 Å². The van der Waals surface area contributed by atoms with Gasteiger partial charge in [-0.2, -0.15) is 0 Å². The molecule has 0 spiro atoms. The Labute approximate surface area is 97.9 Å². The largest absolute Gasteiger partial charge is 0.394 e. The number of aliphatic hydroxyl groups is 1. The molecule has 1 aromatic carbocycles. The van der Waals surface area contributed by atoms with E-state index < -0.39 is 0 Å². The molecular formula is C13H22N2O. The van der Waals surface area contributed by atoms with Gasteiger partial charge in [-0.3, -0.25) is 0 Å². The van der Waals surface area contributed by atoms with E-state index in [1.807, 2.05) is 52.1 Å². The third-order valence-electron chi connectivity index (χ3n) is 3.08. The van der Waals surface area contributed by atoms with E-state index in [2.05, 4.69) is 4.90 Å². The minimum atomic E-state index is -0.287. The molecule has 3 heteroatoms. The average molecular weight is 222 g/mol. The molecule has 3 nitrogen and oxygen atoms in total. The fourth-order valence-electron chi connectivity index (χ4n) is 1.61. The van der Waals surface area contributed by atoms with Gasteiger partial charge in [0, 0.05) is 18.8 Å². The van der Waals surface area contributed by atoms with E-state index in [9.17, 15) is 5.11 Å². The standard InChI is InChI=1S/C13H22N2O/c1-10(14)11-7-5-6-8-12(11)15(4)13(2,3)9-16/h5-8,10,16H,9,14H2,1-4H3. The Bertz CT molecular complexity index is 348. The van der Waals surface area contributed by atoms with E-state index in [1.165, 1.54) is 0 Å². The predicted molar refractivity (Wildman–Crippen MR) is 68.6 cm³/mol. The first-order valence-electron chi connectivity index (χ1n) is 5.59. The molecule has 0 bridgehead atoms. The Morgan fingerprint density at radius 1 is 1.38 bits per heavy atom. The van der Waals surface area contributed by atoms with Crippen molar-refractivity contribution in [3.05, 3.63) is 29.8 Å². The lowest BCUT2D eigenvalue weighted by Gasteiger charge is -2.37. The third-order valence-corrected chi connectivity index (χ3v) is 3.08. The lowest BCUT2D eigenvalue weighted by atomic mass is 10.00. The summed E-state index contributed by atoms with van der Waals surface area (Å²) in [6.45, 7) is 6.09. The lowest BCUT2D eigenvalue weighted by molar-refractivity contribution is 0.216. The molecule has 16 heavy (non-hydrogen) atoms. The van der Waals surface area contributed by atoms with Crippen LogP contribution in [0.25, 0.3) is 0 Å². The number of rotatable bonds is 4. The monoisotopic (exact) mass is 222 g/mol. The number of nitrogens with two attached hydrogens (primary N) is 1. The van der Waals surface area contributed by atoms with Gasteiger partial charge in [0.1, 0.15) is 0 Å². The van der Waals surface area contributed by atoms with E-state index in [4.69, 9.17) is 5.73 Å². The Balaban J connectivity index is 3.13. The van der Waals surface area contributed by atoms with Gasteiger partial charge in [0.15, 0.2) is 0 Å². The quantitative estimate of drug-likeness (QED) is 0.818. The molecule has 0 aromatic heterocycles. The highest BCUT2D eigenvalue weighted by Gasteiger charge is 2.24. The van der Waals surface area contributed by atoms with Crippen LogP contribution in [-0.4, -0.2) is 24.3 Å². The minimum Gasteiger partial charge on any atom is -0.394 e. The zero-order valence-corrected chi connectivity index (χ0v) is 10.6. The molecule has 90 valence electrons. The van der Waals surface area contributed by atoms with Crippen molar-refractivity contribution < 1.29 is 5.11 Å². The van der Waals surface area contributed by atoms with Crippen LogP contribution in [0.3, 0.4) is 0 Å². The molecule has 0 aliphatic carbocycles. The van der Waals surface area contributed by atoms with Crippen LogP contribution in [0.5, 0.6) is 0 Å². The molecule has 1 atom stereocenters. The zero-order chi connectivity index (χ0) is 12.3. The Morgan fingerprint density at radius 2 is 1.94 bits per heavy atom. The first-order chi connectivity index (χ1) is 7.40. The summed E-state index contributed by atoms with van der Waals surface area (Å²) in [7, 11) is 1.98. The predicted octanol–water partition coefficient (Wildman–Crippen LogP) is 1.91. The Kier molecular flexibility index (Phi) is 3.94. The van der Waals surface area contributed by atoms with Gasteiger partial charge >= 0.3 is 0 Å². The van der Waals surface area contributed by atoms with Crippen molar-refractivity contribution in [1.82, 2.24) is 0 Å². The molecule has 0 amide bonds. The number of nitrogens with zero attached hydrogens (tertiary/aromatic N) is 1. The summed E-state index contributed by atoms with van der Waals surface area (Å²) >= 11 is 0. The number of likely N-dealkylation sites (N-methyl/N-ethyl adjacent to an activating group) is 1. The minimum absolute atomic E-state index is 0.00635. The van der Waals surface area contributed by atoms with Crippen molar-refractivity contribution in [2.45, 2.75) is 32.4 Å². The average Bonchev–Trinajstić information content (AvgIpc) is 2.28. The van der Waals surface area contributed by atoms with Crippen LogP contribution in [0.4, 0.5) is 5.69 Å². The maximum Gasteiger partial charge on any atom is 0.0658 e. The molecule has 0 radical (unpaired) electrons. The van der Waals surface area contributed by atoms with Gasteiger partial charge in [0.05, 0.1) is 12.1 Å². The van der Waals surface area contributed by atoms with Crippen molar-refractivity contribution in [3.8, 4) is 0 Å². The number of benzene rings is 1. The van der Waals surface area contributed by atoms with Crippen LogP contribution in [0.15, 0.2) is 24.3 Å². The maximum atomic E-state index is 9.38. The molecule has 0 saturated heterocycles. The molecule has 0 heterocycles. The van der Waals surface area contributed by atoms with E-state index in [-0.39, 0.29) is 18.2 Å². The normalized spacial score (nSPS) is 13.6. The van der Waals surface area contributed by atoms with Gasteiger partial charge in [0.2, 0.25) is 0 Å². The van der Waals surface area contributed by atoms with Gasteiger partial charge < -0.3 is 15.7 Å². The van der Waals surface area contributed by atoms with E-state index in [0.29, 0.717) is 0 Å². The zero-order valence-electron chi connectivity index (χ0n) is 10.6. The van der Waals surface area contributed by atoms with Crippen molar-refractivity contribution >= 4 is 5.69 Å². The summed E-state index contributed by atoms with van der Waals surface area (Å²) in [5, 5.41) is 9.38. The van der Waals surface area contributed by atoms with Crippen molar-refractivity contribution in [3.63, 3.8) is 0 Å². The first-order valence-corrected chi connectivity index (χ1v) is 5.59. The number of anilines is 1. The Hall–Kier alpha value is -1.06. The van der Waals surface area contributed by atoms with Crippen LogP contribution in [0, 0.1) is 0 Å². The van der Waals surface area contributed by atoms with Crippen LogP contribution >= 0.6 is 0 Å². The van der Waals surface area contributed by atoms with Crippen LogP contribution < -0.4 is 10.6 Å². The smallest absolute Gasteiger partial charge is 0.0658 e. The van der Waals surface area contributed by atoms with Crippen molar-refractivity contribution in [1.29, 1.82) is 0 Å². The van der Waals surface area contributed by atoms with Gasteiger partial charge in [-0.25, -0.2) is 0 Å². The summed E-state index contributed by atoms with van der Waals surface area (Å²) in [6.07, 6.45) is 0. The highest BCUT2D eigenvalue weighted by atomic mass is 16.3. The lowest BCUT2D eigenvalue weighted by Crippen LogP contribution is -2.45. The summed E-state index contributed by atoms with van der Waals surface area (Å²) < 4.78 is 0. The molecule has 0 aliphatic rings. The molecule has 0 aliphatic heterocycles. The maximum absolute atomic E-state index is 9.38. The second kappa shape index (κ2) is 4.85. The molecular weight excluding hydrogens is 200 g/mol. The highest BCUT2D eigenvalue weighted by Crippen LogP contribution is 2.28. The number of hydrogen-bond acceptors (Lipinski definition) is 3. The van der Waals surface area contributed by atoms with Gasteiger partial charge in [-0.1, -0.05) is 18.2 Å². The highest BCUT2D eigenvalue weighted by molar-refractivity contribution is 5.56. The van der Waals surface area contributed by atoms with Gasteiger partial charge in [-0.05, 0) is 32.4 Å². The van der Waals surface area contributed by atoms with E-state index >= 15 is 0 Å². The Morgan fingerprint density at radius 3 is 2.44 bits per heavy atom. The molecule has 0 saturated carbocycles. The summed E-state index contributed by atoms with van der Waals surface area (Å²) in [4.78, 5) is 2.08. The van der Waals surface area contributed by atoms with E-state index in [1.54, 1.807) is 0 Å². The fraction of sp³-hybridized carbons (Fsp3) is 0.538.